The van der Waals surface area contributed by atoms with Gasteiger partial charge in [0.2, 0.25) is 0 Å². The van der Waals surface area contributed by atoms with Crippen LogP contribution in [0.4, 0.5) is 4.79 Å². The number of methoxy groups -OCH3 is 1. The zero-order chi connectivity index (χ0) is 16.6. The highest BCUT2D eigenvalue weighted by molar-refractivity contribution is 5.84. The number of hydrogen-bond donors (Lipinski definition) is 1. The molecule has 1 aromatic rings. The lowest BCUT2D eigenvalue weighted by Crippen LogP contribution is -2.42. The fraction of sp³-hybridized carbons (Fsp3) is 0.500. The highest BCUT2D eigenvalue weighted by Crippen LogP contribution is 2.43. The summed E-state index contributed by atoms with van der Waals surface area (Å²) in [6, 6.07) is 3.84. The van der Waals surface area contributed by atoms with Gasteiger partial charge in [-0.1, -0.05) is 19.9 Å². The predicted molar refractivity (Wildman–Crippen MR) is 89.7 cm³/mol. The number of carbonyl (C=O) groups is 1. The molecule has 0 atom stereocenters. The second-order valence-corrected chi connectivity index (χ2v) is 6.76. The third-order valence-electron chi connectivity index (χ3n) is 4.26. The summed E-state index contributed by atoms with van der Waals surface area (Å²) in [6.07, 6.45) is 2.23. The topological polar surface area (TPSA) is 50.8 Å². The number of rotatable bonds is 2. The van der Waals surface area contributed by atoms with Crippen LogP contribution >= 0.6 is 0 Å². The monoisotopic (exact) mass is 316 g/mol. The fourth-order valence-corrected chi connectivity index (χ4v) is 3.26. The molecule has 5 heteroatoms. The number of hydrogen-bond acceptors (Lipinski definition) is 3. The molecule has 0 saturated carbocycles. The minimum absolute atomic E-state index is 0.0468. The highest BCUT2D eigenvalue weighted by atomic mass is 16.5. The summed E-state index contributed by atoms with van der Waals surface area (Å²) in [7, 11) is 1.66. The van der Waals surface area contributed by atoms with Crippen LogP contribution < -0.4 is 14.8 Å². The Morgan fingerprint density at radius 2 is 2.17 bits per heavy atom. The van der Waals surface area contributed by atoms with E-state index in [9.17, 15) is 4.79 Å². The van der Waals surface area contributed by atoms with Gasteiger partial charge in [-0.25, -0.2) is 4.79 Å². The standard InChI is InChI=1S/C18H24N2O3/c1-5-19-17(21)20-9-12-8-18(2,3)11-23-15-7-6-14(22-4)13(10-20)16(12)15/h6-8H,5,9-11H2,1-4H3,(H,19,21). The molecule has 0 aromatic heterocycles. The van der Waals surface area contributed by atoms with E-state index in [1.807, 2.05) is 24.0 Å². The number of benzene rings is 1. The summed E-state index contributed by atoms with van der Waals surface area (Å²) < 4.78 is 11.6. The molecule has 2 aliphatic heterocycles. The molecule has 124 valence electrons. The van der Waals surface area contributed by atoms with Crippen LogP contribution in [0.5, 0.6) is 11.5 Å². The van der Waals surface area contributed by atoms with Crippen LogP contribution in [0.25, 0.3) is 5.57 Å². The summed E-state index contributed by atoms with van der Waals surface area (Å²) in [5, 5.41) is 2.88. The van der Waals surface area contributed by atoms with Gasteiger partial charge in [-0.15, -0.1) is 0 Å². The number of carbonyl (C=O) groups excluding carboxylic acids is 1. The van der Waals surface area contributed by atoms with E-state index in [0.29, 0.717) is 26.2 Å². The van der Waals surface area contributed by atoms with E-state index in [1.165, 1.54) is 0 Å². The van der Waals surface area contributed by atoms with Crippen LogP contribution in [0.1, 0.15) is 31.9 Å². The summed E-state index contributed by atoms with van der Waals surface area (Å²) in [4.78, 5) is 14.2. The Morgan fingerprint density at radius 1 is 1.39 bits per heavy atom. The van der Waals surface area contributed by atoms with Crippen LogP contribution in [-0.2, 0) is 6.54 Å². The first-order valence-corrected chi connectivity index (χ1v) is 8.02. The van der Waals surface area contributed by atoms with Crippen molar-refractivity contribution in [2.24, 2.45) is 5.41 Å². The van der Waals surface area contributed by atoms with E-state index in [4.69, 9.17) is 9.47 Å². The first kappa shape index (κ1) is 15.7. The van der Waals surface area contributed by atoms with Gasteiger partial charge in [0.25, 0.3) is 0 Å². The molecule has 3 rings (SSSR count). The van der Waals surface area contributed by atoms with Crippen LogP contribution in [0.15, 0.2) is 18.2 Å². The Morgan fingerprint density at radius 3 is 2.87 bits per heavy atom. The van der Waals surface area contributed by atoms with Gasteiger partial charge in [0, 0.05) is 29.6 Å². The summed E-state index contributed by atoms with van der Waals surface area (Å²) in [5.74, 6) is 1.68. The lowest BCUT2D eigenvalue weighted by molar-refractivity contribution is 0.200. The van der Waals surface area contributed by atoms with E-state index in [0.717, 1.165) is 28.2 Å². The van der Waals surface area contributed by atoms with Crippen molar-refractivity contribution in [1.29, 1.82) is 0 Å². The molecule has 0 unspecified atom stereocenters. The van der Waals surface area contributed by atoms with E-state index in [1.54, 1.807) is 7.11 Å². The van der Waals surface area contributed by atoms with E-state index in [-0.39, 0.29) is 11.4 Å². The minimum Gasteiger partial charge on any atom is -0.496 e. The zero-order valence-electron chi connectivity index (χ0n) is 14.2. The second-order valence-electron chi connectivity index (χ2n) is 6.76. The van der Waals surface area contributed by atoms with Gasteiger partial charge < -0.3 is 19.7 Å². The Bertz CT molecular complexity index is 664. The van der Waals surface area contributed by atoms with Gasteiger partial charge in [-0.3, -0.25) is 0 Å². The second kappa shape index (κ2) is 5.80. The highest BCUT2D eigenvalue weighted by Gasteiger charge is 2.33. The average Bonchev–Trinajstić information content (AvgIpc) is 2.64. The van der Waals surface area contributed by atoms with Crippen molar-refractivity contribution in [2.75, 3.05) is 26.8 Å². The normalized spacial score (nSPS) is 18.3. The van der Waals surface area contributed by atoms with E-state index >= 15 is 0 Å². The maximum absolute atomic E-state index is 12.3. The summed E-state index contributed by atoms with van der Waals surface area (Å²) in [5.41, 5.74) is 3.17. The number of nitrogens with one attached hydrogen (secondary N) is 1. The maximum Gasteiger partial charge on any atom is 0.317 e. The smallest absolute Gasteiger partial charge is 0.317 e. The molecule has 2 amide bonds. The zero-order valence-corrected chi connectivity index (χ0v) is 14.2. The summed E-state index contributed by atoms with van der Waals surface area (Å²) >= 11 is 0. The third kappa shape index (κ3) is 2.87. The molecule has 0 aliphatic carbocycles. The lowest BCUT2D eigenvalue weighted by Gasteiger charge is -2.32. The third-order valence-corrected chi connectivity index (χ3v) is 4.26. The lowest BCUT2D eigenvalue weighted by atomic mass is 9.87. The molecule has 2 heterocycles. The SMILES string of the molecule is CCNC(=O)N1CC2=CC(C)(C)COc3ccc(OC)c(c32)C1. The molecule has 0 saturated heterocycles. The number of amides is 2. The molecule has 1 N–H and O–H groups in total. The molecule has 23 heavy (non-hydrogen) atoms. The quantitative estimate of drug-likeness (QED) is 0.912. The molecular weight excluding hydrogens is 292 g/mol. The number of nitrogens with zero attached hydrogens (tertiary/aromatic N) is 1. The Kier molecular flexibility index (Phi) is 3.96. The van der Waals surface area contributed by atoms with Gasteiger partial charge in [0.15, 0.2) is 0 Å². The van der Waals surface area contributed by atoms with Crippen LogP contribution in [0.3, 0.4) is 0 Å². The van der Waals surface area contributed by atoms with Crippen molar-refractivity contribution < 1.29 is 14.3 Å². The molecule has 0 bridgehead atoms. The van der Waals surface area contributed by atoms with Crippen LogP contribution in [0, 0.1) is 5.41 Å². The van der Waals surface area contributed by atoms with Crippen molar-refractivity contribution in [3.8, 4) is 11.5 Å². The van der Waals surface area contributed by atoms with Gasteiger partial charge >= 0.3 is 6.03 Å². The van der Waals surface area contributed by atoms with E-state index in [2.05, 4.69) is 25.2 Å². The molecule has 2 aliphatic rings. The largest absolute Gasteiger partial charge is 0.496 e. The van der Waals surface area contributed by atoms with Crippen molar-refractivity contribution in [2.45, 2.75) is 27.3 Å². The number of urea groups is 1. The van der Waals surface area contributed by atoms with Crippen molar-refractivity contribution >= 4 is 11.6 Å². The van der Waals surface area contributed by atoms with Crippen LogP contribution in [-0.4, -0.2) is 37.7 Å². The molecule has 1 aromatic carbocycles. The Hall–Kier alpha value is -2.17. The van der Waals surface area contributed by atoms with Crippen molar-refractivity contribution in [1.82, 2.24) is 10.2 Å². The predicted octanol–water partition coefficient (Wildman–Crippen LogP) is 3.04. The van der Waals surface area contributed by atoms with Gasteiger partial charge in [-0.05, 0) is 24.6 Å². The van der Waals surface area contributed by atoms with Gasteiger partial charge in [-0.2, -0.15) is 0 Å². The average molecular weight is 316 g/mol. The van der Waals surface area contributed by atoms with Crippen molar-refractivity contribution in [3.05, 3.63) is 29.3 Å². The first-order chi connectivity index (χ1) is 10.9. The molecule has 0 fully saturated rings. The number of ether oxygens (including phenoxy) is 2. The van der Waals surface area contributed by atoms with Gasteiger partial charge in [0.05, 0.1) is 20.3 Å². The molecule has 0 spiro atoms. The van der Waals surface area contributed by atoms with Gasteiger partial charge in [0.1, 0.15) is 11.5 Å². The van der Waals surface area contributed by atoms with Crippen LogP contribution in [0.2, 0.25) is 0 Å². The van der Waals surface area contributed by atoms with E-state index < -0.39 is 0 Å². The maximum atomic E-state index is 12.3. The Balaban J connectivity index is 2.12. The summed E-state index contributed by atoms with van der Waals surface area (Å²) in [6.45, 7) is 8.58. The molecule has 0 radical (unpaired) electrons. The first-order valence-electron chi connectivity index (χ1n) is 8.02. The molecule has 5 nitrogen and oxygen atoms in total. The fourth-order valence-electron chi connectivity index (χ4n) is 3.26. The molecular formula is C18H24N2O3. The minimum atomic E-state index is -0.0803. The van der Waals surface area contributed by atoms with Crippen molar-refractivity contribution in [3.63, 3.8) is 0 Å². The Labute approximate surface area is 137 Å².